The van der Waals surface area contributed by atoms with E-state index in [9.17, 15) is 4.79 Å². The van der Waals surface area contributed by atoms with E-state index in [1.807, 2.05) is 28.8 Å². The van der Waals surface area contributed by atoms with E-state index in [0.717, 1.165) is 29.7 Å². The van der Waals surface area contributed by atoms with Crippen molar-refractivity contribution >= 4 is 29.1 Å². The highest BCUT2D eigenvalue weighted by Crippen LogP contribution is 2.26. The Bertz CT molecular complexity index is 1130. The Morgan fingerprint density at radius 1 is 1.21 bits per heavy atom. The molecule has 0 fully saturated rings. The van der Waals surface area contributed by atoms with Crippen LogP contribution in [0, 0.1) is 17.2 Å². The normalized spacial score (nSPS) is 10.9. The smallest absolute Gasteiger partial charge is 0.242 e. The molecule has 0 spiro atoms. The lowest BCUT2D eigenvalue weighted by molar-refractivity contribution is -0.134. The van der Waals surface area contributed by atoms with Gasteiger partial charge in [-0.25, -0.2) is 10.4 Å². The summed E-state index contributed by atoms with van der Waals surface area (Å²) in [6.07, 6.45) is 5.65. The molecule has 3 aromatic rings. The van der Waals surface area contributed by atoms with Gasteiger partial charge in [-0.3, -0.25) is 9.80 Å². The molecule has 0 radical (unpaired) electrons. The number of rotatable bonds is 11. The number of nitrogens with one attached hydrogen (secondary N) is 1. The standard InChI is InChI=1S/C26H29Cl2N5O/c1-19(2)5-4-12-31-33(17-22-6-3-7-24(27)26(22)28)25(34)13-23-15-30-18-32(23)16-21-10-8-20(14-29)9-11-21/h3,6-11,15,18-19,31H,4-5,12-13,16-17H2,1-2H3. The van der Waals surface area contributed by atoms with Gasteiger partial charge in [0.2, 0.25) is 5.91 Å². The van der Waals surface area contributed by atoms with Crippen molar-refractivity contribution < 1.29 is 4.79 Å². The number of benzene rings is 2. The summed E-state index contributed by atoms with van der Waals surface area (Å²) in [6.45, 7) is 5.93. The molecular formula is C26H29Cl2N5O. The zero-order chi connectivity index (χ0) is 24.5. The maximum Gasteiger partial charge on any atom is 0.242 e. The minimum absolute atomic E-state index is 0.0813. The largest absolute Gasteiger partial charge is 0.330 e. The average Bonchev–Trinajstić information content (AvgIpc) is 3.25. The van der Waals surface area contributed by atoms with Crippen molar-refractivity contribution in [3.8, 4) is 6.07 Å². The molecule has 1 N–H and O–H groups in total. The summed E-state index contributed by atoms with van der Waals surface area (Å²) in [5.41, 5.74) is 6.52. The van der Waals surface area contributed by atoms with Crippen molar-refractivity contribution in [3.63, 3.8) is 0 Å². The van der Waals surface area contributed by atoms with Crippen molar-refractivity contribution in [3.05, 3.63) is 87.4 Å². The number of hydrogen-bond acceptors (Lipinski definition) is 4. The summed E-state index contributed by atoms with van der Waals surface area (Å²) in [6, 6.07) is 15.0. The molecule has 0 saturated heterocycles. The predicted molar refractivity (Wildman–Crippen MR) is 135 cm³/mol. The van der Waals surface area contributed by atoms with Crippen molar-refractivity contribution in [2.75, 3.05) is 6.54 Å². The van der Waals surface area contributed by atoms with Gasteiger partial charge >= 0.3 is 0 Å². The number of nitriles is 1. The number of amides is 1. The van der Waals surface area contributed by atoms with Crippen LogP contribution in [-0.4, -0.2) is 27.0 Å². The van der Waals surface area contributed by atoms with Gasteiger partial charge in [0.25, 0.3) is 0 Å². The van der Waals surface area contributed by atoms with Crippen LogP contribution < -0.4 is 5.43 Å². The molecule has 1 amide bonds. The molecule has 8 heteroatoms. The Morgan fingerprint density at radius 3 is 2.68 bits per heavy atom. The van der Waals surface area contributed by atoms with E-state index in [0.29, 0.717) is 41.2 Å². The highest BCUT2D eigenvalue weighted by Gasteiger charge is 2.18. The first kappa shape index (κ1) is 25.8. The molecule has 2 aromatic carbocycles. The van der Waals surface area contributed by atoms with E-state index in [4.69, 9.17) is 28.5 Å². The van der Waals surface area contributed by atoms with Gasteiger partial charge in [0.15, 0.2) is 0 Å². The molecule has 178 valence electrons. The Kier molecular flexibility index (Phi) is 9.52. The number of imidazole rings is 1. The summed E-state index contributed by atoms with van der Waals surface area (Å²) in [5.74, 6) is 0.520. The number of aromatic nitrogens is 2. The summed E-state index contributed by atoms with van der Waals surface area (Å²) in [7, 11) is 0. The van der Waals surface area contributed by atoms with Crippen LogP contribution in [0.1, 0.15) is 49.1 Å². The molecule has 6 nitrogen and oxygen atoms in total. The highest BCUT2D eigenvalue weighted by molar-refractivity contribution is 6.42. The molecular weight excluding hydrogens is 469 g/mol. The van der Waals surface area contributed by atoms with Gasteiger partial charge in [0.1, 0.15) is 0 Å². The van der Waals surface area contributed by atoms with E-state index in [1.165, 1.54) is 0 Å². The van der Waals surface area contributed by atoms with Gasteiger partial charge in [-0.05, 0) is 48.1 Å². The minimum Gasteiger partial charge on any atom is -0.330 e. The van der Waals surface area contributed by atoms with Crippen LogP contribution in [0.3, 0.4) is 0 Å². The van der Waals surface area contributed by atoms with Gasteiger partial charge in [-0.1, -0.05) is 61.3 Å². The second-order valence-corrected chi connectivity index (χ2v) is 9.42. The maximum absolute atomic E-state index is 13.3. The van der Waals surface area contributed by atoms with Crippen LogP contribution in [0.15, 0.2) is 55.0 Å². The second kappa shape index (κ2) is 12.6. The first-order valence-electron chi connectivity index (χ1n) is 11.3. The lowest BCUT2D eigenvalue weighted by atomic mass is 10.1. The maximum atomic E-state index is 13.3. The van der Waals surface area contributed by atoms with Gasteiger partial charge in [0.05, 0.1) is 41.0 Å². The zero-order valence-electron chi connectivity index (χ0n) is 19.5. The van der Waals surface area contributed by atoms with E-state index in [1.54, 1.807) is 35.7 Å². The van der Waals surface area contributed by atoms with Gasteiger partial charge in [0, 0.05) is 25.0 Å². The topological polar surface area (TPSA) is 74.0 Å². The van der Waals surface area contributed by atoms with E-state index in [-0.39, 0.29) is 12.3 Å². The summed E-state index contributed by atoms with van der Waals surface area (Å²) >= 11 is 12.6. The van der Waals surface area contributed by atoms with Crippen molar-refractivity contribution in [2.24, 2.45) is 5.92 Å². The summed E-state index contributed by atoms with van der Waals surface area (Å²) in [4.78, 5) is 17.6. The molecule has 0 saturated carbocycles. The summed E-state index contributed by atoms with van der Waals surface area (Å²) in [5, 5.41) is 11.5. The van der Waals surface area contributed by atoms with Crippen molar-refractivity contribution in [1.82, 2.24) is 20.0 Å². The lowest BCUT2D eigenvalue weighted by Gasteiger charge is -2.25. The van der Waals surface area contributed by atoms with E-state index < -0.39 is 0 Å². The number of nitrogens with zero attached hydrogens (tertiary/aromatic N) is 4. The van der Waals surface area contributed by atoms with Gasteiger partial charge in [-0.2, -0.15) is 5.26 Å². The van der Waals surface area contributed by atoms with Crippen molar-refractivity contribution in [1.29, 1.82) is 5.26 Å². The van der Waals surface area contributed by atoms with Gasteiger partial charge in [-0.15, -0.1) is 0 Å². The molecule has 0 aliphatic carbocycles. The molecule has 3 rings (SSSR count). The fourth-order valence-electron chi connectivity index (χ4n) is 3.57. The monoisotopic (exact) mass is 497 g/mol. The van der Waals surface area contributed by atoms with Gasteiger partial charge < -0.3 is 4.57 Å². The predicted octanol–water partition coefficient (Wildman–Crippen LogP) is 5.62. The Morgan fingerprint density at radius 2 is 1.97 bits per heavy atom. The molecule has 0 unspecified atom stereocenters. The Labute approximate surface area is 211 Å². The third-order valence-corrected chi connectivity index (χ3v) is 6.35. The fraction of sp³-hybridized carbons (Fsp3) is 0.346. The second-order valence-electron chi connectivity index (χ2n) is 8.64. The number of hydrogen-bond donors (Lipinski definition) is 1. The third kappa shape index (κ3) is 7.33. The quantitative estimate of drug-likeness (QED) is 0.275. The van der Waals surface area contributed by atoms with Crippen molar-refractivity contribution in [2.45, 2.75) is 46.2 Å². The Hall–Kier alpha value is -2.85. The zero-order valence-corrected chi connectivity index (χ0v) is 21.0. The van der Waals surface area contributed by atoms with Crippen LogP contribution in [0.4, 0.5) is 0 Å². The molecule has 0 aliphatic rings. The van der Waals surface area contributed by atoms with E-state index in [2.05, 4.69) is 30.3 Å². The number of halogens is 2. The van der Waals surface area contributed by atoms with E-state index >= 15 is 0 Å². The highest BCUT2D eigenvalue weighted by atomic mass is 35.5. The van der Waals surface area contributed by atoms with Crippen LogP contribution in [0.25, 0.3) is 0 Å². The fourth-order valence-corrected chi connectivity index (χ4v) is 3.95. The lowest BCUT2D eigenvalue weighted by Crippen LogP contribution is -2.44. The average molecular weight is 498 g/mol. The summed E-state index contributed by atoms with van der Waals surface area (Å²) < 4.78 is 1.95. The van der Waals surface area contributed by atoms with Crippen LogP contribution >= 0.6 is 23.2 Å². The number of carbonyl (C=O) groups is 1. The molecule has 34 heavy (non-hydrogen) atoms. The third-order valence-electron chi connectivity index (χ3n) is 5.49. The number of hydrazine groups is 1. The molecule has 0 bridgehead atoms. The molecule has 1 aromatic heterocycles. The van der Waals surface area contributed by atoms with Crippen LogP contribution in [-0.2, 0) is 24.3 Å². The van der Waals surface area contributed by atoms with Crippen LogP contribution in [0.2, 0.25) is 10.0 Å². The minimum atomic E-state index is -0.0813. The first-order chi connectivity index (χ1) is 16.4. The SMILES string of the molecule is CC(C)CCCNN(Cc1cccc(Cl)c1Cl)C(=O)Cc1cncn1Cc1ccc(C#N)cc1. The van der Waals surface area contributed by atoms with Crippen LogP contribution in [0.5, 0.6) is 0 Å². The Balaban J connectivity index is 1.72. The molecule has 1 heterocycles. The molecule has 0 aliphatic heterocycles. The number of carbonyl (C=O) groups excluding carboxylic acids is 1. The molecule has 0 atom stereocenters. The first-order valence-corrected chi connectivity index (χ1v) is 12.1.